The number of amides is 1. The van der Waals surface area contributed by atoms with Crippen molar-refractivity contribution in [1.29, 1.82) is 0 Å². The van der Waals surface area contributed by atoms with Gasteiger partial charge in [0.25, 0.3) is 21.6 Å². The van der Waals surface area contributed by atoms with Crippen LogP contribution in [-0.2, 0) is 16.4 Å². The molecule has 1 amide bonds. The zero-order valence-electron chi connectivity index (χ0n) is 38.8. The third-order valence-electron chi connectivity index (χ3n) is 14.3. The van der Waals surface area contributed by atoms with Gasteiger partial charge in [-0.15, -0.1) is 0 Å². The number of piperazine rings is 1. The quantitative estimate of drug-likeness (QED) is 0.0853. The minimum atomic E-state index is -4.62. The van der Waals surface area contributed by atoms with E-state index < -0.39 is 25.7 Å². The molecular weight excluding hydrogens is 890 g/mol. The Morgan fingerprint density at radius 1 is 0.955 bits per heavy atom. The lowest BCUT2D eigenvalue weighted by Gasteiger charge is -2.39. The van der Waals surface area contributed by atoms with Crippen LogP contribution in [0.15, 0.2) is 89.6 Å². The van der Waals surface area contributed by atoms with Crippen molar-refractivity contribution in [1.82, 2.24) is 24.5 Å². The highest BCUT2D eigenvalue weighted by molar-refractivity contribution is 7.90. The molecule has 0 radical (unpaired) electrons. The lowest BCUT2D eigenvalue weighted by molar-refractivity contribution is -0.386. The summed E-state index contributed by atoms with van der Waals surface area (Å²) in [7, 11) is -4.62. The maximum Gasteiger partial charge on any atom is 0.277 e. The number of hydrogen-bond donors (Lipinski definition) is 2. The summed E-state index contributed by atoms with van der Waals surface area (Å²) in [5.41, 5.74) is 6.13. The summed E-state index contributed by atoms with van der Waals surface area (Å²) in [5.74, 6) is -0.286. The van der Waals surface area contributed by atoms with Gasteiger partial charge >= 0.3 is 0 Å². The first-order valence-corrected chi connectivity index (χ1v) is 25.3. The standard InChI is InChI=1S/C51H60ClN7O7S/c1-50(2)15-19-56(20-16-50)18-13-34-25-43-45(59(61)62)28-41(29-46(43)65-33-34)67(63,64)55-49(60)42-10-9-39(27-47(42)66-40-26-36-12-17-53-48(36)54-31-40)58-23-21-57(22-24-58)32-37-11-14-51(3,4)30-44(37)35-5-7-38(52)8-6-35/h5-10,12,17,26-29,31,34H,11,13-16,18-25,30,32-33H2,1-4H3,(H,53,54)(H,55,60)/t34-/m0/s1. The lowest BCUT2D eigenvalue weighted by atomic mass is 9.72. The minimum absolute atomic E-state index is 0.0363. The Balaban J connectivity index is 0.917. The van der Waals surface area contributed by atoms with E-state index in [0.29, 0.717) is 35.4 Å². The average molecular weight is 951 g/mol. The van der Waals surface area contributed by atoms with Crippen LogP contribution in [0.4, 0.5) is 11.4 Å². The highest BCUT2D eigenvalue weighted by Crippen LogP contribution is 2.44. The molecule has 2 fully saturated rings. The minimum Gasteiger partial charge on any atom is -0.493 e. The summed E-state index contributed by atoms with van der Waals surface area (Å²) < 4.78 is 42.6. The number of allylic oxidation sites excluding steroid dienone is 1. The van der Waals surface area contributed by atoms with Crippen LogP contribution in [0.25, 0.3) is 16.6 Å². The number of sulfonamides is 1. The average Bonchev–Trinajstić information content (AvgIpc) is 3.77. The Bertz CT molecular complexity index is 2810. The van der Waals surface area contributed by atoms with Gasteiger partial charge in [-0.25, -0.2) is 18.1 Å². The summed E-state index contributed by atoms with van der Waals surface area (Å²) >= 11 is 6.26. The largest absolute Gasteiger partial charge is 0.493 e. The van der Waals surface area contributed by atoms with Crippen LogP contribution in [-0.4, -0.2) is 98.0 Å². The number of rotatable bonds is 13. The third kappa shape index (κ3) is 10.8. The molecule has 16 heteroatoms. The number of benzene rings is 3. The number of nitro benzene ring substituents is 1. The van der Waals surface area contributed by atoms with E-state index in [1.54, 1.807) is 30.5 Å². The Morgan fingerprint density at radius 2 is 1.72 bits per heavy atom. The number of pyridine rings is 1. The first-order valence-electron chi connectivity index (χ1n) is 23.4. The number of aromatic amines is 1. The predicted molar refractivity (Wildman–Crippen MR) is 262 cm³/mol. The zero-order chi connectivity index (χ0) is 47.1. The molecule has 2 N–H and O–H groups in total. The first-order chi connectivity index (χ1) is 32.0. The predicted octanol–water partition coefficient (Wildman–Crippen LogP) is 9.88. The summed E-state index contributed by atoms with van der Waals surface area (Å²) in [4.78, 5) is 40.2. The molecule has 3 aliphatic heterocycles. The van der Waals surface area contributed by atoms with Gasteiger partial charge in [0.1, 0.15) is 22.9 Å². The molecule has 5 heterocycles. The molecular formula is C51H60ClN7O7S. The number of carbonyl (C=O) groups excluding carboxylic acids is 1. The first kappa shape index (κ1) is 46.6. The second-order valence-corrected chi connectivity index (χ2v) is 22.5. The zero-order valence-corrected chi connectivity index (χ0v) is 40.3. The van der Waals surface area contributed by atoms with Gasteiger partial charge in [0.2, 0.25) is 0 Å². The van der Waals surface area contributed by atoms with Gasteiger partial charge in [-0.1, -0.05) is 57.0 Å². The molecule has 0 bridgehead atoms. The second-order valence-electron chi connectivity index (χ2n) is 20.3. The molecule has 0 saturated carbocycles. The summed E-state index contributed by atoms with van der Waals surface area (Å²) in [5, 5.41) is 14.0. The van der Waals surface area contributed by atoms with Crippen molar-refractivity contribution in [3.63, 3.8) is 0 Å². The SMILES string of the molecule is CC1(C)CCN(CC[C@@H]2COc3cc(S(=O)(=O)NC(=O)c4ccc(N5CCN(CC6=C(c7ccc(Cl)cc7)CC(C)(C)CC6)CC5)cc4Oc4cnc5[nH]ccc5c4)cc([N+](=O)[O-])c3C2)CC1. The molecule has 5 aromatic rings. The number of carbonyl (C=O) groups is 1. The van der Waals surface area contributed by atoms with E-state index in [1.165, 1.54) is 29.0 Å². The number of hydrogen-bond acceptors (Lipinski definition) is 11. The van der Waals surface area contributed by atoms with E-state index in [1.807, 2.05) is 18.2 Å². The molecule has 14 nitrogen and oxygen atoms in total. The molecule has 354 valence electrons. The molecule has 2 saturated heterocycles. The van der Waals surface area contributed by atoms with Crippen molar-refractivity contribution in [3.05, 3.63) is 117 Å². The van der Waals surface area contributed by atoms with E-state index in [9.17, 15) is 23.3 Å². The second kappa shape index (κ2) is 18.9. The maximum atomic E-state index is 14.1. The van der Waals surface area contributed by atoms with Crippen LogP contribution in [0.5, 0.6) is 17.2 Å². The Hall–Kier alpha value is -5.48. The molecule has 0 spiro atoms. The van der Waals surface area contributed by atoms with Crippen LogP contribution in [0.2, 0.25) is 5.02 Å². The van der Waals surface area contributed by atoms with Crippen LogP contribution in [0.1, 0.15) is 87.7 Å². The monoisotopic (exact) mass is 949 g/mol. The molecule has 9 rings (SSSR count). The van der Waals surface area contributed by atoms with Crippen molar-refractivity contribution in [2.24, 2.45) is 16.7 Å². The van der Waals surface area contributed by atoms with Crippen LogP contribution < -0.4 is 19.1 Å². The van der Waals surface area contributed by atoms with Gasteiger partial charge < -0.3 is 24.3 Å². The Labute approximate surface area is 397 Å². The van der Waals surface area contributed by atoms with Crippen molar-refractivity contribution >= 4 is 55.5 Å². The number of nitrogens with zero attached hydrogens (tertiary/aromatic N) is 5. The molecule has 67 heavy (non-hydrogen) atoms. The van der Waals surface area contributed by atoms with E-state index in [4.69, 9.17) is 21.1 Å². The number of ether oxygens (including phenoxy) is 2. The van der Waals surface area contributed by atoms with Crippen molar-refractivity contribution in [2.45, 2.75) is 77.5 Å². The summed E-state index contributed by atoms with van der Waals surface area (Å²) in [6, 6.07) is 19.2. The van der Waals surface area contributed by atoms with Gasteiger partial charge in [-0.2, -0.15) is 0 Å². The van der Waals surface area contributed by atoms with Gasteiger partial charge in [-0.05, 0) is 129 Å². The highest BCUT2D eigenvalue weighted by atomic mass is 35.5. The molecule has 1 atom stereocenters. The van der Waals surface area contributed by atoms with Gasteiger partial charge in [-0.3, -0.25) is 19.8 Å². The number of piperidine rings is 1. The van der Waals surface area contributed by atoms with E-state index in [0.717, 1.165) is 113 Å². The van der Waals surface area contributed by atoms with Crippen LogP contribution in [0.3, 0.4) is 0 Å². The number of nitro groups is 1. The molecule has 2 aromatic heterocycles. The van der Waals surface area contributed by atoms with E-state index in [2.05, 4.69) is 69.2 Å². The van der Waals surface area contributed by atoms with Gasteiger partial charge in [0.15, 0.2) is 0 Å². The van der Waals surface area contributed by atoms with Gasteiger partial charge in [0, 0.05) is 73.2 Å². The Morgan fingerprint density at radius 3 is 2.46 bits per heavy atom. The van der Waals surface area contributed by atoms with Gasteiger partial charge in [0.05, 0.1) is 33.7 Å². The number of nitrogens with one attached hydrogen (secondary N) is 2. The number of fused-ring (bicyclic) bond motifs is 2. The fourth-order valence-electron chi connectivity index (χ4n) is 9.96. The normalized spacial score (nSPS) is 20.0. The topological polar surface area (TPSA) is 163 Å². The van der Waals surface area contributed by atoms with Crippen LogP contribution >= 0.6 is 11.6 Å². The highest BCUT2D eigenvalue weighted by Gasteiger charge is 2.34. The van der Waals surface area contributed by atoms with Crippen LogP contribution in [0, 0.1) is 26.9 Å². The molecule has 1 aliphatic carbocycles. The third-order valence-corrected chi connectivity index (χ3v) is 15.8. The maximum absolute atomic E-state index is 14.1. The fourth-order valence-corrected chi connectivity index (χ4v) is 11.1. The smallest absolute Gasteiger partial charge is 0.277 e. The number of halogens is 1. The molecule has 3 aromatic carbocycles. The van der Waals surface area contributed by atoms with E-state index in [-0.39, 0.29) is 34.1 Å². The van der Waals surface area contributed by atoms with Crippen molar-refractivity contribution < 1.29 is 27.6 Å². The fraction of sp³-hybridized carbons (Fsp3) is 0.451. The lowest BCUT2D eigenvalue weighted by Crippen LogP contribution is -2.47. The number of anilines is 1. The van der Waals surface area contributed by atoms with Crippen molar-refractivity contribution in [2.75, 3.05) is 63.9 Å². The van der Waals surface area contributed by atoms with Crippen molar-refractivity contribution in [3.8, 4) is 17.2 Å². The molecule has 4 aliphatic rings. The summed E-state index contributed by atoms with van der Waals surface area (Å²) in [6.45, 7) is 16.5. The number of likely N-dealkylation sites (tertiary alicyclic amines) is 1. The number of aromatic nitrogens is 2. The number of H-pyrrole nitrogens is 1. The molecule has 0 unspecified atom stereocenters. The summed E-state index contributed by atoms with van der Waals surface area (Å²) in [6.07, 6.45) is 9.95. The van der Waals surface area contributed by atoms with E-state index >= 15 is 0 Å². The Kier molecular flexibility index (Phi) is 13.1.